The number of hydrogen-bond acceptors (Lipinski definition) is 4. The molecule has 1 heterocycles. The Balaban J connectivity index is 1.63. The molecule has 6 heteroatoms. The number of para-hydroxylation sites is 1. The van der Waals surface area contributed by atoms with Gasteiger partial charge >= 0.3 is 5.97 Å². The van der Waals surface area contributed by atoms with Gasteiger partial charge in [0.15, 0.2) is 0 Å². The number of amides is 1. The van der Waals surface area contributed by atoms with Crippen molar-refractivity contribution in [2.45, 2.75) is 6.10 Å². The van der Waals surface area contributed by atoms with Gasteiger partial charge in [-0.3, -0.25) is 4.79 Å². The molecule has 5 rings (SSSR count). The fourth-order valence-electron chi connectivity index (χ4n) is 3.96. The SMILES string of the molecule is NC(=O)C(OC(=O)c1cn(-c2ccccc2)nc1-c1cccc2ccccc12)c1ccccc1. The molecule has 1 unspecified atom stereocenters. The number of primary amides is 1. The molecule has 0 aliphatic heterocycles. The highest BCUT2D eigenvalue weighted by atomic mass is 16.5. The molecule has 2 N–H and O–H groups in total. The van der Waals surface area contributed by atoms with Crippen molar-refractivity contribution in [2.75, 3.05) is 0 Å². The van der Waals surface area contributed by atoms with E-state index >= 15 is 0 Å². The van der Waals surface area contributed by atoms with Crippen LogP contribution in [-0.2, 0) is 9.53 Å². The molecule has 0 aliphatic rings. The molecule has 5 aromatic rings. The van der Waals surface area contributed by atoms with Gasteiger partial charge in [0.05, 0.1) is 5.69 Å². The Kier molecular flexibility index (Phi) is 5.62. The largest absolute Gasteiger partial charge is 0.444 e. The number of nitrogens with zero attached hydrogens (tertiary/aromatic N) is 2. The lowest BCUT2D eigenvalue weighted by Gasteiger charge is -2.15. The lowest BCUT2D eigenvalue weighted by Crippen LogP contribution is -2.26. The molecule has 0 fully saturated rings. The smallest absolute Gasteiger partial charge is 0.343 e. The highest BCUT2D eigenvalue weighted by Gasteiger charge is 2.27. The van der Waals surface area contributed by atoms with Gasteiger partial charge in [0.1, 0.15) is 11.3 Å². The number of benzene rings is 4. The van der Waals surface area contributed by atoms with Gasteiger partial charge in [-0.2, -0.15) is 5.10 Å². The zero-order chi connectivity index (χ0) is 23.5. The quantitative estimate of drug-likeness (QED) is 0.368. The summed E-state index contributed by atoms with van der Waals surface area (Å²) in [4.78, 5) is 25.6. The van der Waals surface area contributed by atoms with E-state index in [0.717, 1.165) is 22.0 Å². The van der Waals surface area contributed by atoms with Crippen LogP contribution in [0.15, 0.2) is 109 Å². The lowest BCUT2D eigenvalue weighted by atomic mass is 10.00. The minimum Gasteiger partial charge on any atom is -0.444 e. The van der Waals surface area contributed by atoms with Crippen molar-refractivity contribution in [3.63, 3.8) is 0 Å². The molecule has 6 nitrogen and oxygen atoms in total. The molecule has 0 saturated carbocycles. The molecule has 34 heavy (non-hydrogen) atoms. The molecule has 4 aromatic carbocycles. The molecule has 0 saturated heterocycles. The van der Waals surface area contributed by atoms with E-state index in [1.165, 1.54) is 0 Å². The number of aromatic nitrogens is 2. The summed E-state index contributed by atoms with van der Waals surface area (Å²) in [5.41, 5.74) is 8.36. The number of ether oxygens (including phenoxy) is 1. The Bertz CT molecular complexity index is 1470. The van der Waals surface area contributed by atoms with Gasteiger partial charge in [0.25, 0.3) is 5.91 Å². The van der Waals surface area contributed by atoms with Crippen LogP contribution in [0.1, 0.15) is 22.0 Å². The van der Waals surface area contributed by atoms with Gasteiger partial charge in [0, 0.05) is 17.3 Å². The van der Waals surface area contributed by atoms with E-state index in [-0.39, 0.29) is 5.56 Å². The zero-order valence-electron chi connectivity index (χ0n) is 18.2. The molecular formula is C28H21N3O3. The van der Waals surface area contributed by atoms with Gasteiger partial charge in [-0.25, -0.2) is 9.48 Å². The third-order valence-corrected chi connectivity index (χ3v) is 5.59. The third kappa shape index (κ3) is 4.04. The number of nitrogens with two attached hydrogens (primary N) is 1. The number of carbonyl (C=O) groups is 2. The summed E-state index contributed by atoms with van der Waals surface area (Å²) in [5.74, 6) is -1.43. The number of esters is 1. The van der Waals surface area contributed by atoms with E-state index in [2.05, 4.69) is 0 Å². The first-order chi connectivity index (χ1) is 16.6. The third-order valence-electron chi connectivity index (χ3n) is 5.59. The average Bonchev–Trinajstić information content (AvgIpc) is 3.33. The molecule has 166 valence electrons. The van der Waals surface area contributed by atoms with Gasteiger partial charge < -0.3 is 10.5 Å². The van der Waals surface area contributed by atoms with Crippen molar-refractivity contribution in [3.05, 3.63) is 120 Å². The van der Waals surface area contributed by atoms with Crippen LogP contribution in [0.5, 0.6) is 0 Å². The summed E-state index contributed by atoms with van der Waals surface area (Å²) in [6, 6.07) is 31.9. The first-order valence-corrected chi connectivity index (χ1v) is 10.8. The van der Waals surface area contributed by atoms with Crippen LogP contribution in [-0.4, -0.2) is 21.7 Å². The van der Waals surface area contributed by atoms with Crippen LogP contribution in [0, 0.1) is 0 Å². The van der Waals surface area contributed by atoms with Gasteiger partial charge in [-0.15, -0.1) is 0 Å². The topological polar surface area (TPSA) is 87.2 Å². The summed E-state index contributed by atoms with van der Waals surface area (Å²) >= 11 is 0. The van der Waals surface area contributed by atoms with Crippen molar-refractivity contribution in [2.24, 2.45) is 5.73 Å². The fraction of sp³-hybridized carbons (Fsp3) is 0.0357. The lowest BCUT2D eigenvalue weighted by molar-refractivity contribution is -0.127. The van der Waals surface area contributed by atoms with E-state index in [0.29, 0.717) is 11.3 Å². The van der Waals surface area contributed by atoms with Crippen LogP contribution >= 0.6 is 0 Å². The Morgan fingerprint density at radius 1 is 0.794 bits per heavy atom. The standard InChI is InChI=1S/C28H21N3O3/c29-27(32)26(20-11-3-1-4-12-20)34-28(33)24-18-31(21-14-5-2-6-15-21)30-25(24)23-17-9-13-19-10-7-8-16-22(19)23/h1-18,26H,(H2,29,32). The summed E-state index contributed by atoms with van der Waals surface area (Å²) in [7, 11) is 0. The Morgan fingerprint density at radius 2 is 1.44 bits per heavy atom. The maximum atomic E-state index is 13.4. The summed E-state index contributed by atoms with van der Waals surface area (Å²) < 4.78 is 7.28. The first kappa shape index (κ1) is 21.2. The van der Waals surface area contributed by atoms with E-state index < -0.39 is 18.0 Å². The van der Waals surface area contributed by atoms with Crippen LogP contribution in [0.3, 0.4) is 0 Å². The summed E-state index contributed by atoms with van der Waals surface area (Å²) in [6.07, 6.45) is 0.409. The highest BCUT2D eigenvalue weighted by Crippen LogP contribution is 2.32. The molecule has 0 radical (unpaired) electrons. The van der Waals surface area contributed by atoms with Gasteiger partial charge in [-0.05, 0) is 22.9 Å². The van der Waals surface area contributed by atoms with Crippen LogP contribution in [0.25, 0.3) is 27.7 Å². The molecular weight excluding hydrogens is 426 g/mol. The predicted molar refractivity (Wildman–Crippen MR) is 130 cm³/mol. The van der Waals surface area contributed by atoms with Gasteiger partial charge in [-0.1, -0.05) is 91.0 Å². The van der Waals surface area contributed by atoms with Crippen LogP contribution in [0.4, 0.5) is 0 Å². The van der Waals surface area contributed by atoms with Crippen molar-refractivity contribution >= 4 is 22.6 Å². The molecule has 1 amide bonds. The Labute approximate surface area is 196 Å². The van der Waals surface area contributed by atoms with E-state index in [1.807, 2.05) is 78.9 Å². The number of rotatable bonds is 6. The second kappa shape index (κ2) is 9.03. The van der Waals surface area contributed by atoms with Crippen molar-refractivity contribution in [3.8, 4) is 16.9 Å². The van der Waals surface area contributed by atoms with E-state index in [1.54, 1.807) is 35.1 Å². The highest BCUT2D eigenvalue weighted by molar-refractivity contribution is 6.03. The second-order valence-corrected chi connectivity index (χ2v) is 7.80. The van der Waals surface area contributed by atoms with Crippen molar-refractivity contribution in [1.29, 1.82) is 0 Å². The van der Waals surface area contributed by atoms with Crippen molar-refractivity contribution in [1.82, 2.24) is 9.78 Å². The summed E-state index contributed by atoms with van der Waals surface area (Å²) in [6.45, 7) is 0. The number of hydrogen-bond donors (Lipinski definition) is 1. The minimum absolute atomic E-state index is 0.238. The normalized spacial score (nSPS) is 11.8. The minimum atomic E-state index is -1.21. The Hall–Kier alpha value is -4.71. The van der Waals surface area contributed by atoms with Gasteiger partial charge in [0.2, 0.25) is 6.10 Å². The van der Waals surface area contributed by atoms with Crippen molar-refractivity contribution < 1.29 is 14.3 Å². The number of carbonyl (C=O) groups excluding carboxylic acids is 2. The maximum absolute atomic E-state index is 13.4. The molecule has 0 aliphatic carbocycles. The second-order valence-electron chi connectivity index (χ2n) is 7.80. The molecule has 1 atom stereocenters. The zero-order valence-corrected chi connectivity index (χ0v) is 18.2. The summed E-state index contributed by atoms with van der Waals surface area (Å²) in [5, 5.41) is 6.72. The molecule has 0 spiro atoms. The molecule has 1 aromatic heterocycles. The fourth-order valence-corrected chi connectivity index (χ4v) is 3.96. The van der Waals surface area contributed by atoms with Crippen LogP contribution < -0.4 is 5.73 Å². The van der Waals surface area contributed by atoms with Crippen LogP contribution in [0.2, 0.25) is 0 Å². The van der Waals surface area contributed by atoms with E-state index in [9.17, 15) is 9.59 Å². The average molecular weight is 447 g/mol. The number of fused-ring (bicyclic) bond motifs is 1. The maximum Gasteiger partial charge on any atom is 0.343 e. The monoisotopic (exact) mass is 447 g/mol. The Morgan fingerprint density at radius 3 is 2.18 bits per heavy atom. The predicted octanol–water partition coefficient (Wildman–Crippen LogP) is 5.08. The molecule has 0 bridgehead atoms. The first-order valence-electron chi connectivity index (χ1n) is 10.8. The van der Waals surface area contributed by atoms with E-state index in [4.69, 9.17) is 15.6 Å².